The van der Waals surface area contributed by atoms with Gasteiger partial charge < -0.3 is 14.9 Å². The molecule has 68 valence electrons. The lowest BCUT2D eigenvalue weighted by Crippen LogP contribution is -2.05. The van der Waals surface area contributed by atoms with Crippen LogP contribution in [0.25, 0.3) is 0 Å². The summed E-state index contributed by atoms with van der Waals surface area (Å²) in [4.78, 5) is 23.8. The van der Waals surface area contributed by atoms with Crippen LogP contribution in [-0.4, -0.2) is 27.3 Å². The monoisotopic (exact) mass is 183 g/mol. The van der Waals surface area contributed by atoms with Crippen molar-refractivity contribution in [2.24, 2.45) is 0 Å². The maximum atomic E-state index is 10.3. The number of rotatable bonds is 2. The minimum atomic E-state index is -1.49. The molecule has 0 bridgehead atoms. The summed E-state index contributed by atoms with van der Waals surface area (Å²) in [6, 6.07) is 2.37. The number of carboxylic acid groups (broad SMARTS) is 2. The second-order valence-corrected chi connectivity index (χ2v) is 2.06. The van der Waals surface area contributed by atoms with Gasteiger partial charge in [0.15, 0.2) is 0 Å². The number of ether oxygens (including phenoxy) is 1. The number of hydrogen-bond donors (Lipinski definition) is 2. The zero-order valence-corrected chi connectivity index (χ0v) is 6.30. The van der Waals surface area contributed by atoms with E-state index >= 15 is 0 Å². The Morgan fingerprint density at radius 3 is 2.38 bits per heavy atom. The summed E-state index contributed by atoms with van der Waals surface area (Å²) in [5, 5.41) is 16.6. The molecule has 0 aliphatic heterocycles. The Morgan fingerprint density at radius 1 is 1.31 bits per heavy atom. The summed E-state index contributed by atoms with van der Waals surface area (Å²) in [5.74, 6) is -1.29. The first-order valence-corrected chi connectivity index (χ1v) is 3.19. The van der Waals surface area contributed by atoms with Crippen LogP contribution < -0.4 is 4.74 Å². The third-order valence-electron chi connectivity index (χ3n) is 1.18. The molecule has 0 amide bonds. The Morgan fingerprint density at radius 2 is 2.00 bits per heavy atom. The van der Waals surface area contributed by atoms with E-state index < -0.39 is 12.1 Å². The molecule has 6 nitrogen and oxygen atoms in total. The lowest BCUT2D eigenvalue weighted by molar-refractivity contribution is 0.0696. The summed E-state index contributed by atoms with van der Waals surface area (Å²) >= 11 is 0. The van der Waals surface area contributed by atoms with Gasteiger partial charge in [0, 0.05) is 12.3 Å². The Kier molecular flexibility index (Phi) is 2.44. The van der Waals surface area contributed by atoms with Crippen LogP contribution in [0.5, 0.6) is 5.88 Å². The Hall–Kier alpha value is -2.11. The predicted octanol–water partition coefficient (Wildman–Crippen LogP) is 0.837. The standard InChI is InChI=1S/C7H5NO5/c9-6(10)4-1-2-5(8-3-4)13-7(11)12/h1-3H,(H,9,10)(H,11,12). The second kappa shape index (κ2) is 3.53. The van der Waals surface area contributed by atoms with Gasteiger partial charge in [0.05, 0.1) is 5.56 Å². The number of nitrogens with zero attached hydrogens (tertiary/aromatic N) is 1. The van der Waals surface area contributed by atoms with Crippen LogP contribution >= 0.6 is 0 Å². The van der Waals surface area contributed by atoms with Crippen LogP contribution in [0, 0.1) is 0 Å². The molecule has 1 aromatic rings. The third-order valence-corrected chi connectivity index (χ3v) is 1.18. The molecule has 0 radical (unpaired) electrons. The average molecular weight is 183 g/mol. The number of hydrogen-bond acceptors (Lipinski definition) is 4. The van der Waals surface area contributed by atoms with Gasteiger partial charge in [-0.25, -0.2) is 14.6 Å². The van der Waals surface area contributed by atoms with Crippen molar-refractivity contribution >= 4 is 12.1 Å². The van der Waals surface area contributed by atoms with E-state index in [1.807, 2.05) is 0 Å². The van der Waals surface area contributed by atoms with Crippen molar-refractivity contribution in [3.8, 4) is 5.88 Å². The fourth-order valence-electron chi connectivity index (χ4n) is 0.657. The van der Waals surface area contributed by atoms with Gasteiger partial charge in [0.1, 0.15) is 0 Å². The number of aromatic nitrogens is 1. The van der Waals surface area contributed by atoms with E-state index in [4.69, 9.17) is 10.2 Å². The van der Waals surface area contributed by atoms with E-state index in [1.54, 1.807) is 0 Å². The third kappa shape index (κ3) is 2.44. The summed E-state index contributed by atoms with van der Waals surface area (Å²) < 4.78 is 4.16. The molecule has 0 aliphatic carbocycles. The van der Waals surface area contributed by atoms with Gasteiger partial charge in [-0.3, -0.25) is 0 Å². The van der Waals surface area contributed by atoms with Crippen LogP contribution in [0.4, 0.5) is 4.79 Å². The van der Waals surface area contributed by atoms with Crippen LogP contribution in [0.1, 0.15) is 10.4 Å². The SMILES string of the molecule is O=C(O)Oc1ccc(C(=O)O)cn1. The van der Waals surface area contributed by atoms with Gasteiger partial charge in [-0.05, 0) is 6.07 Å². The molecule has 0 aliphatic rings. The van der Waals surface area contributed by atoms with Crippen molar-refractivity contribution in [2.75, 3.05) is 0 Å². The normalized spacial score (nSPS) is 9.23. The maximum absolute atomic E-state index is 10.3. The smallest absolute Gasteiger partial charge is 0.478 e. The summed E-state index contributed by atoms with van der Waals surface area (Å²) in [5.41, 5.74) is -0.0299. The van der Waals surface area contributed by atoms with E-state index in [1.165, 1.54) is 6.07 Å². The molecule has 2 N–H and O–H groups in total. The van der Waals surface area contributed by atoms with Crippen LogP contribution in [0.15, 0.2) is 18.3 Å². The lowest BCUT2D eigenvalue weighted by Gasteiger charge is -1.97. The number of pyridine rings is 1. The molecule has 13 heavy (non-hydrogen) atoms. The van der Waals surface area contributed by atoms with Gasteiger partial charge in [-0.2, -0.15) is 0 Å². The van der Waals surface area contributed by atoms with Crippen molar-refractivity contribution in [1.82, 2.24) is 4.98 Å². The summed E-state index contributed by atoms with van der Waals surface area (Å²) in [6.45, 7) is 0. The topological polar surface area (TPSA) is 96.7 Å². The minimum Gasteiger partial charge on any atom is -0.478 e. The van der Waals surface area contributed by atoms with Gasteiger partial charge in [-0.1, -0.05) is 0 Å². The van der Waals surface area contributed by atoms with E-state index in [0.29, 0.717) is 0 Å². The van der Waals surface area contributed by atoms with Crippen molar-refractivity contribution in [1.29, 1.82) is 0 Å². The number of aromatic carboxylic acids is 1. The van der Waals surface area contributed by atoms with E-state index in [9.17, 15) is 9.59 Å². The minimum absolute atomic E-state index is 0.0299. The Labute approximate surface area is 72.4 Å². The molecule has 0 saturated heterocycles. The average Bonchev–Trinajstić information content (AvgIpc) is 2.04. The highest BCUT2D eigenvalue weighted by molar-refractivity contribution is 5.87. The first kappa shape index (κ1) is 8.98. The largest absolute Gasteiger partial charge is 0.512 e. The van der Waals surface area contributed by atoms with Crippen LogP contribution in [-0.2, 0) is 0 Å². The first-order valence-electron chi connectivity index (χ1n) is 3.19. The van der Waals surface area contributed by atoms with Crippen LogP contribution in [0.3, 0.4) is 0 Å². The van der Waals surface area contributed by atoms with E-state index in [0.717, 1.165) is 12.3 Å². The Bertz CT molecular complexity index is 331. The molecule has 1 rings (SSSR count). The van der Waals surface area contributed by atoms with Gasteiger partial charge in [-0.15, -0.1) is 0 Å². The van der Waals surface area contributed by atoms with E-state index in [-0.39, 0.29) is 11.4 Å². The summed E-state index contributed by atoms with van der Waals surface area (Å²) in [7, 11) is 0. The van der Waals surface area contributed by atoms with Crippen LogP contribution in [0.2, 0.25) is 0 Å². The molecule has 1 aromatic heterocycles. The molecular formula is C7H5NO5. The van der Waals surface area contributed by atoms with Crippen molar-refractivity contribution < 1.29 is 24.5 Å². The van der Waals surface area contributed by atoms with Gasteiger partial charge in [0.25, 0.3) is 0 Å². The molecule has 0 saturated carbocycles. The van der Waals surface area contributed by atoms with Gasteiger partial charge >= 0.3 is 12.1 Å². The molecule has 0 atom stereocenters. The molecular weight excluding hydrogens is 178 g/mol. The highest BCUT2D eigenvalue weighted by Gasteiger charge is 2.05. The maximum Gasteiger partial charge on any atom is 0.512 e. The van der Waals surface area contributed by atoms with Crippen molar-refractivity contribution in [2.45, 2.75) is 0 Å². The highest BCUT2D eigenvalue weighted by atomic mass is 16.7. The molecule has 0 aromatic carbocycles. The molecule has 0 spiro atoms. The Balaban J connectivity index is 2.81. The quantitative estimate of drug-likeness (QED) is 0.659. The fraction of sp³-hybridized carbons (Fsp3) is 0. The van der Waals surface area contributed by atoms with E-state index in [2.05, 4.69) is 9.72 Å². The molecule has 6 heteroatoms. The first-order chi connectivity index (χ1) is 6.09. The number of carboxylic acids is 1. The van der Waals surface area contributed by atoms with Crippen molar-refractivity contribution in [3.05, 3.63) is 23.9 Å². The predicted molar refractivity (Wildman–Crippen MR) is 39.8 cm³/mol. The fourth-order valence-corrected chi connectivity index (χ4v) is 0.657. The zero-order chi connectivity index (χ0) is 9.84. The van der Waals surface area contributed by atoms with Crippen molar-refractivity contribution in [3.63, 3.8) is 0 Å². The molecule has 0 fully saturated rings. The lowest BCUT2D eigenvalue weighted by atomic mass is 10.3. The summed E-state index contributed by atoms with van der Waals surface area (Å²) in [6.07, 6.45) is -0.476. The number of carbonyl (C=O) groups is 2. The second-order valence-electron chi connectivity index (χ2n) is 2.06. The van der Waals surface area contributed by atoms with Gasteiger partial charge in [0.2, 0.25) is 5.88 Å². The molecule has 1 heterocycles. The zero-order valence-electron chi connectivity index (χ0n) is 6.30. The molecule has 0 unspecified atom stereocenters. The highest BCUT2D eigenvalue weighted by Crippen LogP contribution is 2.07.